The number of carbonyl (C=O) groups excluding carboxylic acids is 2. The van der Waals surface area contributed by atoms with Crippen LogP contribution >= 0.6 is 0 Å². The van der Waals surface area contributed by atoms with Gasteiger partial charge < -0.3 is 30.0 Å². The van der Waals surface area contributed by atoms with Crippen molar-refractivity contribution in [3.05, 3.63) is 65.9 Å². The number of nitrogens with one attached hydrogen (secondary N) is 4. The predicted octanol–water partition coefficient (Wildman–Crippen LogP) is 3.27. The van der Waals surface area contributed by atoms with E-state index in [1.807, 2.05) is 6.08 Å². The van der Waals surface area contributed by atoms with Crippen LogP contribution in [0, 0.1) is 0 Å². The number of alkyl carbamates (subject to hydrolysis) is 1. The van der Waals surface area contributed by atoms with Crippen LogP contribution in [-0.2, 0) is 17.6 Å². The van der Waals surface area contributed by atoms with Gasteiger partial charge in [0.2, 0.25) is 0 Å². The number of nitrogens with zero attached hydrogens (tertiary/aromatic N) is 4. The van der Waals surface area contributed by atoms with Gasteiger partial charge in [-0.05, 0) is 75.6 Å². The minimum Gasteiger partial charge on any atom is -0.496 e. The smallest absolute Gasteiger partial charge is 0.407 e. The second-order valence-electron chi connectivity index (χ2n) is 11.5. The summed E-state index contributed by atoms with van der Waals surface area (Å²) in [7, 11) is 5.72. The van der Waals surface area contributed by atoms with Crippen LogP contribution in [0.3, 0.4) is 0 Å². The van der Waals surface area contributed by atoms with E-state index in [1.165, 1.54) is 22.0 Å². The van der Waals surface area contributed by atoms with Crippen LogP contribution in [0.25, 0.3) is 21.9 Å². The molecule has 234 valence electrons. The summed E-state index contributed by atoms with van der Waals surface area (Å²) in [5.41, 5.74) is 5.52. The van der Waals surface area contributed by atoms with Crippen molar-refractivity contribution >= 4 is 33.9 Å². The molecule has 12 nitrogen and oxygen atoms in total. The molecule has 4 N–H and O–H groups in total. The molecule has 2 atom stereocenters. The van der Waals surface area contributed by atoms with Gasteiger partial charge in [0, 0.05) is 48.8 Å². The quantitative estimate of drug-likeness (QED) is 0.192. The highest BCUT2D eigenvalue weighted by atomic mass is 16.6. The highest BCUT2D eigenvalue weighted by molar-refractivity contribution is 6.00. The number of likely N-dealkylation sites (N-methyl/N-ethyl adjacent to an activating group) is 1. The average Bonchev–Trinajstić information content (AvgIpc) is 3.82. The van der Waals surface area contributed by atoms with Crippen LogP contribution in [-0.4, -0.2) is 108 Å². The van der Waals surface area contributed by atoms with Crippen LogP contribution in [0.4, 0.5) is 4.79 Å². The number of fused-ring (bicyclic) bond motifs is 2. The summed E-state index contributed by atoms with van der Waals surface area (Å²) in [6.07, 6.45) is 7.77. The topological polar surface area (TPSA) is 140 Å². The Bertz CT molecular complexity index is 1600. The van der Waals surface area contributed by atoms with Gasteiger partial charge in [0.05, 0.1) is 18.7 Å². The predicted molar refractivity (Wildman–Crippen MR) is 170 cm³/mol. The van der Waals surface area contributed by atoms with Gasteiger partial charge in [-0.1, -0.05) is 12.1 Å². The van der Waals surface area contributed by atoms with E-state index in [-0.39, 0.29) is 18.0 Å². The first-order chi connectivity index (χ1) is 21.3. The second kappa shape index (κ2) is 14.4. The lowest BCUT2D eigenvalue weighted by atomic mass is 10.0. The third-order valence-electron chi connectivity index (χ3n) is 8.12. The summed E-state index contributed by atoms with van der Waals surface area (Å²) in [6, 6.07) is 10.3. The number of benzene rings is 2. The molecule has 0 saturated carbocycles. The average molecular weight is 603 g/mol. The number of ether oxygens (including phenoxy) is 2. The van der Waals surface area contributed by atoms with E-state index in [0.717, 1.165) is 45.3 Å². The molecule has 0 radical (unpaired) electrons. The van der Waals surface area contributed by atoms with Gasteiger partial charge in [-0.25, -0.2) is 4.79 Å². The number of aromatic nitrogens is 4. The zero-order valence-electron chi connectivity index (χ0n) is 25.7. The van der Waals surface area contributed by atoms with Crippen LogP contribution in [0.5, 0.6) is 5.75 Å². The molecule has 0 spiro atoms. The molecule has 4 heterocycles. The van der Waals surface area contributed by atoms with E-state index in [9.17, 15) is 9.59 Å². The maximum atomic E-state index is 12.5. The Labute approximate surface area is 257 Å². The second-order valence-corrected chi connectivity index (χ2v) is 11.5. The van der Waals surface area contributed by atoms with Gasteiger partial charge in [-0.2, -0.15) is 15.4 Å². The van der Waals surface area contributed by atoms with E-state index in [2.05, 4.69) is 85.9 Å². The SMILES string of the molecule is C=CCN1CCCC1CNC(=O)c1cc2n[nH]nc2cc1OC.CN(C)CCc1c[nH]c2ccc(C[C@H]3COC(=O)N3)cc12. The lowest BCUT2D eigenvalue weighted by Crippen LogP contribution is -2.40. The van der Waals surface area contributed by atoms with Gasteiger partial charge >= 0.3 is 6.09 Å². The first kappa shape index (κ1) is 31.0. The van der Waals surface area contributed by atoms with Crippen molar-refractivity contribution in [2.75, 3.05) is 54.0 Å². The highest BCUT2D eigenvalue weighted by Gasteiger charge is 2.25. The van der Waals surface area contributed by atoms with Crippen LogP contribution in [0.15, 0.2) is 49.2 Å². The molecule has 2 amide bonds. The molecule has 2 fully saturated rings. The van der Waals surface area contributed by atoms with Gasteiger partial charge in [-0.15, -0.1) is 6.58 Å². The summed E-state index contributed by atoms with van der Waals surface area (Å²) < 4.78 is 10.2. The minimum atomic E-state index is -0.311. The largest absolute Gasteiger partial charge is 0.496 e. The number of cyclic esters (lactones) is 1. The van der Waals surface area contributed by atoms with E-state index < -0.39 is 0 Å². The van der Waals surface area contributed by atoms with Crippen molar-refractivity contribution in [3.63, 3.8) is 0 Å². The van der Waals surface area contributed by atoms with Gasteiger partial charge in [-0.3, -0.25) is 9.69 Å². The van der Waals surface area contributed by atoms with E-state index in [1.54, 1.807) is 19.2 Å². The number of aromatic amines is 2. The Morgan fingerprint density at radius 3 is 2.80 bits per heavy atom. The Morgan fingerprint density at radius 2 is 2.07 bits per heavy atom. The minimum absolute atomic E-state index is 0.0825. The summed E-state index contributed by atoms with van der Waals surface area (Å²) >= 11 is 0. The molecule has 6 rings (SSSR count). The molecule has 0 aliphatic carbocycles. The van der Waals surface area contributed by atoms with Crippen molar-refractivity contribution in [2.45, 2.75) is 37.8 Å². The fourth-order valence-corrected chi connectivity index (χ4v) is 5.78. The monoisotopic (exact) mass is 602 g/mol. The molecule has 2 aromatic carbocycles. The van der Waals surface area contributed by atoms with E-state index in [0.29, 0.717) is 41.5 Å². The van der Waals surface area contributed by atoms with Crippen LogP contribution in [0.1, 0.15) is 34.3 Å². The van der Waals surface area contributed by atoms with Crippen LogP contribution < -0.4 is 15.4 Å². The number of hydrogen-bond acceptors (Lipinski definition) is 8. The Kier molecular flexibility index (Phi) is 10.1. The molecule has 12 heteroatoms. The van der Waals surface area contributed by atoms with Crippen LogP contribution in [0.2, 0.25) is 0 Å². The molecule has 2 aromatic heterocycles. The maximum Gasteiger partial charge on any atom is 0.407 e. The van der Waals surface area contributed by atoms with Gasteiger partial charge in [0.25, 0.3) is 5.91 Å². The molecule has 1 unspecified atom stereocenters. The Hall–Kier alpha value is -4.42. The van der Waals surface area contributed by atoms with Gasteiger partial charge in [0.1, 0.15) is 23.4 Å². The third-order valence-corrected chi connectivity index (χ3v) is 8.12. The third kappa shape index (κ3) is 7.56. The van der Waals surface area contributed by atoms with Gasteiger partial charge in [0.15, 0.2) is 0 Å². The van der Waals surface area contributed by atoms with Crippen molar-refractivity contribution in [1.29, 1.82) is 0 Å². The molecule has 4 aromatic rings. The molecule has 2 saturated heterocycles. The lowest BCUT2D eigenvalue weighted by molar-refractivity contribution is 0.0939. The number of amides is 2. The number of hydrogen-bond donors (Lipinski definition) is 4. The molecule has 2 aliphatic heterocycles. The molecule has 2 aliphatic rings. The number of H-pyrrole nitrogens is 2. The molecular weight excluding hydrogens is 560 g/mol. The van der Waals surface area contributed by atoms with Crippen molar-refractivity contribution in [3.8, 4) is 5.75 Å². The summed E-state index contributed by atoms with van der Waals surface area (Å²) in [5, 5.41) is 17.7. The van der Waals surface area contributed by atoms with Crippen molar-refractivity contribution in [1.82, 2.24) is 40.8 Å². The number of carbonyl (C=O) groups is 2. The fraction of sp³-hybridized carbons (Fsp3) is 0.438. The first-order valence-electron chi connectivity index (χ1n) is 15.0. The Balaban J connectivity index is 0.000000175. The van der Waals surface area contributed by atoms with Crippen molar-refractivity contribution < 1.29 is 19.1 Å². The zero-order valence-corrected chi connectivity index (χ0v) is 25.7. The number of likely N-dealkylation sites (tertiary alicyclic amines) is 1. The fourth-order valence-electron chi connectivity index (χ4n) is 5.78. The van der Waals surface area contributed by atoms with E-state index in [4.69, 9.17) is 9.47 Å². The van der Waals surface area contributed by atoms with E-state index >= 15 is 0 Å². The molecular formula is C32H42N8O4. The zero-order chi connectivity index (χ0) is 31.1. The molecule has 0 bridgehead atoms. The normalized spacial score (nSPS) is 18.2. The number of rotatable bonds is 11. The first-order valence-corrected chi connectivity index (χ1v) is 15.0. The lowest BCUT2D eigenvalue weighted by Gasteiger charge is -2.23. The number of methoxy groups -OCH3 is 1. The van der Waals surface area contributed by atoms with Crippen molar-refractivity contribution in [2.24, 2.45) is 0 Å². The summed E-state index contributed by atoms with van der Waals surface area (Å²) in [6.45, 7) is 7.80. The maximum absolute atomic E-state index is 12.5. The molecule has 44 heavy (non-hydrogen) atoms. The Morgan fingerprint density at radius 1 is 1.25 bits per heavy atom. The summed E-state index contributed by atoms with van der Waals surface area (Å²) in [4.78, 5) is 31.5. The highest BCUT2D eigenvalue weighted by Crippen LogP contribution is 2.24. The summed E-state index contributed by atoms with van der Waals surface area (Å²) in [5.74, 6) is 0.343. The standard InChI is InChI=1S/C16H21N5O2.C16H21N3O2/c1-3-6-21-7-4-5-11(21)10-17-16(22)12-8-13-14(19-20-18-13)9-15(12)23-2;1-19(2)6-5-12-9-17-15-4-3-11(8-14(12)15)7-13-10-21-16(20)18-13/h3,8-9,11H,1,4-7,10H2,2H3,(H,17,22)(H,18,19,20);3-4,8-9,13,17H,5-7,10H2,1-2H3,(H,18,20)/t;13-/m.0/s1.